The molecule has 0 bridgehead atoms. The Bertz CT molecular complexity index is 6470. The number of furan rings is 1. The second-order valence-electron chi connectivity index (χ2n) is 36.6. The highest BCUT2D eigenvalue weighted by Gasteiger charge is 2.46. The summed E-state index contributed by atoms with van der Waals surface area (Å²) in [7, 11) is 0. The van der Waals surface area contributed by atoms with Crippen LogP contribution >= 0.6 is 46.9 Å². The van der Waals surface area contributed by atoms with Crippen LogP contribution < -0.4 is 29.0 Å². The summed E-state index contributed by atoms with van der Waals surface area (Å²) in [6.07, 6.45) is 10.1. The van der Waals surface area contributed by atoms with Crippen molar-refractivity contribution in [2.75, 3.05) is 13.1 Å². The second-order valence-corrected chi connectivity index (χ2v) is 38.5. The minimum atomic E-state index is -0.541. The van der Waals surface area contributed by atoms with Gasteiger partial charge < -0.3 is 57.9 Å². The van der Waals surface area contributed by atoms with Gasteiger partial charge in [-0.15, -0.1) is 23.7 Å². The number of hydrogen-bond acceptors (Lipinski definition) is 19. The standard InChI is InChI=1S/C24H21NO4.C24H21NO3S.C22H21NO3.C21H17Cl2NO4.C20H24N2O3.ClH/c1-15-9-10-20(21(26)11-15)25-13-19-18(24(25)27)6-4-8-23(19)28-14-17-12-16-5-2-3-7-22(16)29-17;1-15-9-10-20(21(26)11-15)25-13-19-18(24(25)27)6-4-7-22(19)28-14-17-12-16-5-2-3-8-23(16)29-17;1-15-10-11-19(20(24)12-15)23-13-18-17(22(23)25)8-5-9-21(18)26-14-16-6-3-2-4-7-16;22-16-6-4-12(8-17(16)23)11-28-20-3-1-2-14-15(20)10-24(21(14)27)18-7-5-13(25)9-19(18)26;1-13-5-6-17(18(23)11-13)22-12-16-15(20(22)24)3-2-4-19(16)25-14-7-9-21-10-8-14;/h2*2-8,12,20H,1,9-11,13-14H2;2-9,19H,1,10-14H2;1-4,6,8,18H,5,7,9-11H2;2-4,14,17,21H,1,5-12H2;1H. The number of ketones is 6. The van der Waals surface area contributed by atoms with Gasteiger partial charge in [0.25, 0.3) is 29.5 Å². The van der Waals surface area contributed by atoms with Crippen LogP contribution in [0.3, 0.4) is 0 Å². The largest absolute Gasteiger partial charge is 0.490 e. The molecule has 5 atom stereocenters. The van der Waals surface area contributed by atoms with E-state index in [2.05, 4.69) is 49.8 Å². The van der Waals surface area contributed by atoms with Gasteiger partial charge in [-0.3, -0.25) is 52.7 Å². The SMILES string of the molecule is C=C1CCC(N2Cc3c(OC4CCNCC4)cccc3C2=O)C(=O)C1.C=C1CCC(N2Cc3c(OCc4cc5ccccc5o4)cccc3C2=O)C(=O)C1.C=C1CCC(N2Cc3c(OCc4cc5ccccc5s4)cccc3C2=O)C(=O)C1.C=C1CCC(N2Cc3c(OCc4ccccc4)cccc3C2=O)C(=O)C1.Cl.O=C1CCC(N2Cc3c(OCc4ccc(Cl)c(Cl)c4)cccc3C2=O)C(=O)C1. The lowest BCUT2D eigenvalue weighted by molar-refractivity contribution is -0.133. The number of para-hydroxylation sites is 1. The van der Waals surface area contributed by atoms with Crippen LogP contribution in [0.1, 0.15) is 211 Å². The monoisotopic (exact) mass is 1930 g/mol. The summed E-state index contributed by atoms with van der Waals surface area (Å²) in [5.74, 6) is 3.87. The highest BCUT2D eigenvalue weighted by atomic mass is 35.5. The van der Waals surface area contributed by atoms with Crippen LogP contribution in [0.15, 0.2) is 253 Å². The van der Waals surface area contributed by atoms with Crippen LogP contribution in [0.5, 0.6) is 28.7 Å². The molecule has 2 aromatic heterocycles. The molecule has 6 aliphatic heterocycles. The van der Waals surface area contributed by atoms with Gasteiger partial charge in [0.1, 0.15) is 78.4 Å². The molecule has 5 unspecified atom stereocenters. The van der Waals surface area contributed by atoms with Crippen LogP contribution in [0.4, 0.5) is 0 Å². The number of fused-ring (bicyclic) bond motifs is 7. The number of amides is 5. The topological polar surface area (TPSA) is 275 Å². The molecular weight excluding hydrogens is 1830 g/mol. The van der Waals surface area contributed by atoms with Crippen molar-refractivity contribution >= 4 is 132 Å². The Kier molecular flexibility index (Phi) is 29.8. The van der Waals surface area contributed by atoms with Crippen molar-refractivity contribution in [3.8, 4) is 28.7 Å². The molecule has 5 amide bonds. The number of thiophene rings is 1. The first kappa shape index (κ1) is 96.3. The van der Waals surface area contributed by atoms with Crippen LogP contribution in [-0.2, 0) is 87.9 Å². The molecule has 1 saturated heterocycles. The molecule has 708 valence electrons. The minimum absolute atomic E-state index is 0. The zero-order valence-electron chi connectivity index (χ0n) is 76.4. The first-order chi connectivity index (χ1) is 66.4. The predicted molar refractivity (Wildman–Crippen MR) is 528 cm³/mol. The van der Waals surface area contributed by atoms with Gasteiger partial charge >= 0.3 is 0 Å². The molecule has 11 aromatic rings. The van der Waals surface area contributed by atoms with Gasteiger partial charge in [0.05, 0.1) is 79.4 Å². The average molecular weight is 1930 g/mol. The zero-order valence-corrected chi connectivity index (χ0v) is 79.5. The summed E-state index contributed by atoms with van der Waals surface area (Å²) in [6.45, 7) is 21.1. The number of carbonyl (C=O) groups is 11. The summed E-state index contributed by atoms with van der Waals surface area (Å²) in [5.41, 5.74) is 14.0. The summed E-state index contributed by atoms with van der Waals surface area (Å²) in [6, 6.07) is 61.1. The number of ether oxygens (including phenoxy) is 5. The molecule has 27 heteroatoms. The van der Waals surface area contributed by atoms with E-state index in [1.54, 1.807) is 72.2 Å². The van der Waals surface area contributed by atoms with Gasteiger partial charge in [0, 0.05) is 103 Å². The summed E-state index contributed by atoms with van der Waals surface area (Å²) in [4.78, 5) is 147. The highest BCUT2D eigenvalue weighted by Crippen LogP contribution is 2.44. The Morgan fingerprint density at radius 2 is 0.717 bits per heavy atom. The fraction of sp³-hybridized carbons (Fsp3) is 0.306. The Morgan fingerprint density at radius 3 is 1.13 bits per heavy atom. The van der Waals surface area contributed by atoms with E-state index in [0.717, 1.165) is 152 Å². The normalized spacial score (nSPS) is 20.1. The van der Waals surface area contributed by atoms with E-state index >= 15 is 0 Å². The van der Waals surface area contributed by atoms with Crippen LogP contribution in [0, 0.1) is 0 Å². The van der Waals surface area contributed by atoms with E-state index in [1.165, 1.54) is 10.1 Å². The molecule has 0 radical (unpaired) electrons. The molecule has 1 N–H and O–H groups in total. The number of halogens is 3. The quantitative estimate of drug-likeness (QED) is 0.0582. The maximum absolute atomic E-state index is 13.0. The molecule has 9 aromatic carbocycles. The first-order valence-electron chi connectivity index (χ1n) is 46.7. The smallest absolute Gasteiger partial charge is 0.255 e. The molecule has 23 nitrogen and oxygen atoms in total. The average Bonchev–Trinajstić information content (AvgIpc) is 1.64. The molecule has 138 heavy (non-hydrogen) atoms. The van der Waals surface area contributed by atoms with E-state index in [0.29, 0.717) is 160 Å². The Hall–Kier alpha value is -13.4. The first-order valence-corrected chi connectivity index (χ1v) is 48.2. The number of benzene rings is 9. The van der Waals surface area contributed by atoms with Gasteiger partial charge in [0.15, 0.2) is 28.9 Å². The Balaban J connectivity index is 0.000000119. The number of carbonyl (C=O) groups excluding carboxylic acids is 11. The van der Waals surface area contributed by atoms with E-state index in [4.69, 9.17) is 51.3 Å². The molecule has 5 saturated carbocycles. The van der Waals surface area contributed by atoms with Gasteiger partial charge in [-0.1, -0.05) is 175 Å². The van der Waals surface area contributed by atoms with E-state index in [9.17, 15) is 52.7 Å². The maximum Gasteiger partial charge on any atom is 0.255 e. The van der Waals surface area contributed by atoms with Gasteiger partial charge in [-0.2, -0.15) is 0 Å². The van der Waals surface area contributed by atoms with E-state index < -0.39 is 6.04 Å². The third-order valence-electron chi connectivity index (χ3n) is 27.2. The maximum atomic E-state index is 13.0. The van der Waals surface area contributed by atoms with Crippen molar-refractivity contribution in [1.29, 1.82) is 0 Å². The fourth-order valence-corrected chi connectivity index (χ4v) is 21.3. The molecule has 0 spiro atoms. The van der Waals surface area contributed by atoms with Gasteiger partial charge in [0.2, 0.25) is 0 Å². The minimum Gasteiger partial charge on any atom is -0.490 e. The lowest BCUT2D eigenvalue weighted by Gasteiger charge is -2.30. The number of nitrogens with one attached hydrogen (secondary N) is 1. The summed E-state index contributed by atoms with van der Waals surface area (Å²) < 4.78 is 37.3. The molecule has 5 aliphatic carbocycles. The number of Topliss-reactive ketones (excluding diaryl/α,β-unsaturated/α-hetero) is 6. The number of hydrogen-bond donors (Lipinski definition) is 1. The van der Waals surface area contributed by atoms with Crippen molar-refractivity contribution in [2.24, 2.45) is 0 Å². The number of rotatable bonds is 19. The Morgan fingerprint density at radius 1 is 0.348 bits per heavy atom. The molecule has 8 heterocycles. The van der Waals surface area contributed by atoms with Crippen LogP contribution in [-0.4, -0.2) is 138 Å². The second kappa shape index (κ2) is 42.7. The van der Waals surface area contributed by atoms with Crippen molar-refractivity contribution < 1.29 is 80.8 Å². The molecular formula is C111H105Cl3N6O17S. The zero-order chi connectivity index (χ0) is 95.2. The summed E-state index contributed by atoms with van der Waals surface area (Å²) in [5, 5.41) is 6.50. The number of nitrogens with zero attached hydrogens (tertiary/aromatic N) is 5. The lowest BCUT2D eigenvalue weighted by atomic mass is 9.89. The van der Waals surface area contributed by atoms with Crippen LogP contribution in [0.25, 0.3) is 21.1 Å². The van der Waals surface area contributed by atoms with Crippen molar-refractivity contribution in [3.05, 3.63) is 336 Å². The summed E-state index contributed by atoms with van der Waals surface area (Å²) >= 11 is 13.7. The fourth-order valence-electron chi connectivity index (χ4n) is 20.0. The van der Waals surface area contributed by atoms with Crippen molar-refractivity contribution in [3.63, 3.8) is 0 Å². The predicted octanol–water partition coefficient (Wildman–Crippen LogP) is 20.8. The van der Waals surface area contributed by atoms with Crippen molar-refractivity contribution in [1.82, 2.24) is 29.8 Å². The van der Waals surface area contributed by atoms with Gasteiger partial charge in [-0.25, -0.2) is 0 Å². The number of piperidine rings is 1. The highest BCUT2D eigenvalue weighted by molar-refractivity contribution is 7.19. The van der Waals surface area contributed by atoms with Crippen molar-refractivity contribution in [2.45, 2.75) is 205 Å². The lowest BCUT2D eigenvalue weighted by Crippen LogP contribution is -2.44. The number of allylic oxidation sites excluding steroid dienone is 4. The van der Waals surface area contributed by atoms with E-state index in [1.807, 2.05) is 146 Å². The van der Waals surface area contributed by atoms with E-state index in [-0.39, 0.29) is 127 Å². The third-order valence-corrected chi connectivity index (χ3v) is 29.1. The molecule has 22 rings (SSSR count). The van der Waals surface area contributed by atoms with Gasteiger partial charge in [-0.05, 0) is 197 Å². The molecule has 6 fully saturated rings. The molecule has 11 aliphatic rings. The Labute approximate surface area is 820 Å². The van der Waals surface area contributed by atoms with Crippen LogP contribution in [0.2, 0.25) is 10.0 Å². The third kappa shape index (κ3) is 21.2.